The summed E-state index contributed by atoms with van der Waals surface area (Å²) in [6.07, 6.45) is 1.79. The lowest BCUT2D eigenvalue weighted by molar-refractivity contribution is 0.0600. The number of pyridine rings is 1. The number of hydrogen-bond acceptors (Lipinski definition) is 5. The molecule has 0 aliphatic carbocycles. The Morgan fingerprint density at radius 3 is 2.50 bits per heavy atom. The summed E-state index contributed by atoms with van der Waals surface area (Å²) < 4.78 is 11.1. The number of carbonyl (C=O) groups is 1. The molecule has 0 saturated carbocycles. The van der Waals surface area contributed by atoms with E-state index in [0.29, 0.717) is 23.0 Å². The highest BCUT2D eigenvalue weighted by molar-refractivity contribution is 7.80. The molecule has 2 aromatic carbocycles. The van der Waals surface area contributed by atoms with Crippen LogP contribution in [-0.4, -0.2) is 28.1 Å². The minimum absolute atomic E-state index is 0.155. The third-order valence-corrected chi connectivity index (χ3v) is 6.25. The van der Waals surface area contributed by atoms with Crippen molar-refractivity contribution in [2.75, 3.05) is 7.11 Å². The van der Waals surface area contributed by atoms with E-state index in [1.54, 1.807) is 18.3 Å². The van der Waals surface area contributed by atoms with Crippen LogP contribution in [0.5, 0.6) is 0 Å². The lowest BCUT2D eigenvalue weighted by Crippen LogP contribution is -2.29. The zero-order valence-electron chi connectivity index (χ0n) is 18.5. The maximum Gasteiger partial charge on any atom is 0.337 e. The summed E-state index contributed by atoms with van der Waals surface area (Å²) in [7, 11) is 1.37. The van der Waals surface area contributed by atoms with Crippen LogP contribution in [0.4, 0.5) is 0 Å². The molecule has 1 aliphatic heterocycles. The first kappa shape index (κ1) is 21.9. The van der Waals surface area contributed by atoms with Crippen molar-refractivity contribution in [1.29, 1.82) is 0 Å². The highest BCUT2D eigenvalue weighted by atomic mass is 32.1. The smallest absolute Gasteiger partial charge is 0.337 e. The predicted octanol–water partition coefficient (Wildman–Crippen LogP) is 5.30. The Kier molecular flexibility index (Phi) is 6.10. The first-order chi connectivity index (χ1) is 16.6. The van der Waals surface area contributed by atoms with Gasteiger partial charge in [-0.3, -0.25) is 4.98 Å². The Labute approximate surface area is 203 Å². The molecule has 1 saturated heterocycles. The summed E-state index contributed by atoms with van der Waals surface area (Å²) in [5, 5.41) is 4.11. The van der Waals surface area contributed by atoms with Gasteiger partial charge in [-0.05, 0) is 54.2 Å². The van der Waals surface area contributed by atoms with Gasteiger partial charge in [-0.1, -0.05) is 48.5 Å². The van der Waals surface area contributed by atoms with Crippen LogP contribution < -0.4 is 5.32 Å². The van der Waals surface area contributed by atoms with Gasteiger partial charge in [-0.25, -0.2) is 4.79 Å². The average Bonchev–Trinajstić information content (AvgIpc) is 3.50. The first-order valence-corrected chi connectivity index (χ1v) is 11.4. The molecular formula is C27H23N3O3S. The van der Waals surface area contributed by atoms with Gasteiger partial charge in [0.25, 0.3) is 0 Å². The van der Waals surface area contributed by atoms with Gasteiger partial charge >= 0.3 is 5.97 Å². The molecule has 1 N–H and O–H groups in total. The molecule has 4 aromatic rings. The molecule has 7 heteroatoms. The van der Waals surface area contributed by atoms with Crippen molar-refractivity contribution in [2.45, 2.75) is 18.6 Å². The fraction of sp³-hybridized carbons (Fsp3) is 0.148. The van der Waals surface area contributed by atoms with Crippen LogP contribution in [0.15, 0.2) is 95.5 Å². The largest absolute Gasteiger partial charge is 0.465 e. The van der Waals surface area contributed by atoms with Gasteiger partial charge in [0.05, 0.1) is 24.4 Å². The van der Waals surface area contributed by atoms with Crippen LogP contribution in [0.1, 0.15) is 39.5 Å². The fourth-order valence-electron chi connectivity index (χ4n) is 4.22. The number of benzene rings is 2. The van der Waals surface area contributed by atoms with Gasteiger partial charge in [0, 0.05) is 18.3 Å². The number of methoxy groups -OCH3 is 1. The zero-order chi connectivity index (χ0) is 23.5. The van der Waals surface area contributed by atoms with Crippen molar-refractivity contribution < 1.29 is 13.9 Å². The van der Waals surface area contributed by atoms with Crippen LogP contribution in [0, 0.1) is 0 Å². The van der Waals surface area contributed by atoms with Crippen LogP contribution in [0.3, 0.4) is 0 Å². The van der Waals surface area contributed by atoms with E-state index in [2.05, 4.69) is 27.3 Å². The van der Waals surface area contributed by atoms with E-state index < -0.39 is 0 Å². The van der Waals surface area contributed by atoms with Crippen molar-refractivity contribution in [3.05, 3.63) is 114 Å². The molecular weight excluding hydrogens is 446 g/mol. The Bertz CT molecular complexity index is 1290. The van der Waals surface area contributed by atoms with E-state index >= 15 is 0 Å². The molecule has 5 rings (SSSR count). The van der Waals surface area contributed by atoms with Crippen LogP contribution in [-0.2, 0) is 11.3 Å². The van der Waals surface area contributed by atoms with E-state index in [1.165, 1.54) is 7.11 Å². The SMILES string of the molecule is COC(=O)c1ccc(-c2ccc([C@H]3[C@H](c4ccccn4)NC(=S)N3Cc3ccccc3)o2)cc1. The maximum atomic E-state index is 11.8. The van der Waals surface area contributed by atoms with Crippen LogP contribution >= 0.6 is 12.2 Å². The monoisotopic (exact) mass is 469 g/mol. The highest BCUT2D eigenvalue weighted by Gasteiger charge is 2.41. The summed E-state index contributed by atoms with van der Waals surface area (Å²) in [5.74, 6) is 1.13. The average molecular weight is 470 g/mol. The molecule has 0 radical (unpaired) electrons. The lowest BCUT2D eigenvalue weighted by atomic mass is 10.0. The molecule has 0 bridgehead atoms. The molecule has 170 valence electrons. The van der Waals surface area contributed by atoms with Crippen LogP contribution in [0.25, 0.3) is 11.3 Å². The summed E-state index contributed by atoms with van der Waals surface area (Å²) in [6, 6.07) is 26.9. The number of hydrogen-bond donors (Lipinski definition) is 1. The van der Waals surface area contributed by atoms with Crippen molar-refractivity contribution in [1.82, 2.24) is 15.2 Å². The predicted molar refractivity (Wildman–Crippen MR) is 133 cm³/mol. The van der Waals surface area contributed by atoms with Crippen LogP contribution in [0.2, 0.25) is 0 Å². The van der Waals surface area contributed by atoms with E-state index in [1.807, 2.05) is 60.7 Å². The second-order valence-corrected chi connectivity index (χ2v) is 8.40. The second kappa shape index (κ2) is 9.49. The lowest BCUT2D eigenvalue weighted by Gasteiger charge is -2.26. The molecule has 1 fully saturated rings. The molecule has 0 unspecified atom stereocenters. The Morgan fingerprint density at radius 2 is 1.79 bits per heavy atom. The number of nitrogens with zero attached hydrogens (tertiary/aromatic N) is 2. The minimum atomic E-state index is -0.369. The molecule has 2 aromatic heterocycles. The normalized spacial score (nSPS) is 17.4. The number of furan rings is 1. The number of rotatable bonds is 6. The number of thiocarbonyl (C=S) groups is 1. The van der Waals surface area contributed by atoms with Crippen molar-refractivity contribution in [2.24, 2.45) is 0 Å². The zero-order valence-corrected chi connectivity index (χ0v) is 19.4. The summed E-state index contributed by atoms with van der Waals surface area (Å²) >= 11 is 5.75. The quantitative estimate of drug-likeness (QED) is 0.304. The summed E-state index contributed by atoms with van der Waals surface area (Å²) in [5.41, 5.74) is 3.42. The third kappa shape index (κ3) is 4.30. The number of aromatic nitrogens is 1. The van der Waals surface area contributed by atoms with Gasteiger partial charge in [0.15, 0.2) is 5.11 Å². The third-order valence-electron chi connectivity index (χ3n) is 5.90. The standard InChI is InChI=1S/C27H23N3O3S/c1-32-26(31)20-12-10-19(11-13-20)22-14-15-23(33-22)25-24(21-9-5-6-16-28-21)29-27(34)30(25)17-18-7-3-2-4-8-18/h2-16,24-25H,17H2,1H3,(H,29,34)/t24-,25-/m0/s1. The Balaban J connectivity index is 1.49. The molecule has 6 nitrogen and oxygen atoms in total. The van der Waals surface area contributed by atoms with Crippen molar-refractivity contribution >= 4 is 23.3 Å². The van der Waals surface area contributed by atoms with E-state index in [9.17, 15) is 4.79 Å². The molecule has 1 aliphatic rings. The van der Waals surface area contributed by atoms with Gasteiger partial charge in [-0.15, -0.1) is 0 Å². The number of esters is 1. The fourth-order valence-corrected chi connectivity index (χ4v) is 4.53. The number of ether oxygens (including phenoxy) is 1. The van der Waals surface area contributed by atoms with Gasteiger partial charge < -0.3 is 19.4 Å². The second-order valence-electron chi connectivity index (χ2n) is 8.01. The van der Waals surface area contributed by atoms with Gasteiger partial charge in [0.1, 0.15) is 17.6 Å². The topological polar surface area (TPSA) is 67.6 Å². The van der Waals surface area contributed by atoms with Gasteiger partial charge in [0.2, 0.25) is 0 Å². The summed E-state index contributed by atoms with van der Waals surface area (Å²) in [6.45, 7) is 0.643. The van der Waals surface area contributed by atoms with Gasteiger partial charge in [-0.2, -0.15) is 0 Å². The molecule has 34 heavy (non-hydrogen) atoms. The van der Waals surface area contributed by atoms with Crippen molar-refractivity contribution in [3.8, 4) is 11.3 Å². The highest BCUT2D eigenvalue weighted by Crippen LogP contribution is 2.41. The number of nitrogens with one attached hydrogen (secondary N) is 1. The molecule has 2 atom stereocenters. The Morgan fingerprint density at radius 1 is 1.03 bits per heavy atom. The minimum Gasteiger partial charge on any atom is -0.465 e. The molecule has 0 spiro atoms. The maximum absolute atomic E-state index is 11.8. The number of carbonyl (C=O) groups excluding carboxylic acids is 1. The van der Waals surface area contributed by atoms with Crippen molar-refractivity contribution in [3.63, 3.8) is 0 Å². The molecule has 3 heterocycles. The Hall–Kier alpha value is -3.97. The first-order valence-electron chi connectivity index (χ1n) is 10.9. The van der Waals surface area contributed by atoms with E-state index in [-0.39, 0.29) is 18.1 Å². The van der Waals surface area contributed by atoms with E-state index in [4.69, 9.17) is 21.4 Å². The van der Waals surface area contributed by atoms with E-state index in [0.717, 1.165) is 22.6 Å². The summed E-state index contributed by atoms with van der Waals surface area (Å²) in [4.78, 5) is 18.5. The molecule has 0 amide bonds.